The Morgan fingerprint density at radius 3 is 2.83 bits per heavy atom. The predicted octanol–water partition coefficient (Wildman–Crippen LogP) is 2.35. The number of aromatic nitrogens is 1. The molecule has 4 heteroatoms. The molecule has 0 aliphatic heterocycles. The first-order valence-electron chi connectivity index (χ1n) is 5.73. The van der Waals surface area contributed by atoms with Gasteiger partial charge in [-0.05, 0) is 23.6 Å². The van der Waals surface area contributed by atoms with Crippen molar-refractivity contribution in [3.63, 3.8) is 0 Å². The van der Waals surface area contributed by atoms with Crippen LogP contribution in [0.2, 0.25) is 0 Å². The molecule has 0 spiro atoms. The van der Waals surface area contributed by atoms with Gasteiger partial charge in [0.2, 0.25) is 0 Å². The molecule has 0 N–H and O–H groups in total. The molecule has 94 valence electrons. The molecule has 0 aliphatic rings. The third-order valence-corrected chi connectivity index (χ3v) is 2.85. The molecule has 0 bridgehead atoms. The van der Waals surface area contributed by atoms with Crippen LogP contribution in [0.1, 0.15) is 12.1 Å². The van der Waals surface area contributed by atoms with Crippen molar-refractivity contribution in [2.45, 2.75) is 12.8 Å². The van der Waals surface area contributed by atoms with Gasteiger partial charge in [0.25, 0.3) is 0 Å². The normalized spacial score (nSPS) is 10.3. The SMILES string of the molecule is COC(=O)CCc1nccc2ccc(OC)cc12. The monoisotopic (exact) mass is 245 g/mol. The molecule has 4 nitrogen and oxygen atoms in total. The molecular formula is C14H15NO3. The van der Waals surface area contributed by atoms with Gasteiger partial charge in [-0.25, -0.2) is 0 Å². The first kappa shape index (κ1) is 12.4. The van der Waals surface area contributed by atoms with Gasteiger partial charge in [0, 0.05) is 23.7 Å². The van der Waals surface area contributed by atoms with Crippen LogP contribution in [0, 0.1) is 0 Å². The van der Waals surface area contributed by atoms with Crippen LogP contribution in [-0.2, 0) is 16.0 Å². The summed E-state index contributed by atoms with van der Waals surface area (Å²) in [5, 5.41) is 2.10. The van der Waals surface area contributed by atoms with Gasteiger partial charge < -0.3 is 9.47 Å². The summed E-state index contributed by atoms with van der Waals surface area (Å²) in [5.74, 6) is 0.562. The summed E-state index contributed by atoms with van der Waals surface area (Å²) in [7, 11) is 3.02. The molecule has 2 aromatic rings. The van der Waals surface area contributed by atoms with Crippen LogP contribution < -0.4 is 4.74 Å². The summed E-state index contributed by atoms with van der Waals surface area (Å²) in [6.07, 6.45) is 2.65. The van der Waals surface area contributed by atoms with Crippen LogP contribution in [0.4, 0.5) is 0 Å². The van der Waals surface area contributed by atoms with E-state index in [9.17, 15) is 4.79 Å². The van der Waals surface area contributed by atoms with Gasteiger partial charge in [0.1, 0.15) is 5.75 Å². The zero-order valence-electron chi connectivity index (χ0n) is 10.5. The van der Waals surface area contributed by atoms with Crippen molar-refractivity contribution >= 4 is 16.7 Å². The maximum Gasteiger partial charge on any atom is 0.305 e. The van der Waals surface area contributed by atoms with Crippen LogP contribution in [0.25, 0.3) is 10.8 Å². The van der Waals surface area contributed by atoms with Crippen molar-refractivity contribution in [1.82, 2.24) is 4.98 Å². The molecule has 18 heavy (non-hydrogen) atoms. The molecular weight excluding hydrogens is 230 g/mol. The summed E-state index contributed by atoms with van der Waals surface area (Å²) >= 11 is 0. The fourth-order valence-corrected chi connectivity index (χ4v) is 1.86. The van der Waals surface area contributed by atoms with E-state index >= 15 is 0 Å². The lowest BCUT2D eigenvalue weighted by molar-refractivity contribution is -0.140. The van der Waals surface area contributed by atoms with Crippen molar-refractivity contribution in [3.8, 4) is 5.75 Å². The Kier molecular flexibility index (Phi) is 3.77. The van der Waals surface area contributed by atoms with E-state index in [0.717, 1.165) is 22.2 Å². The molecule has 0 aliphatic carbocycles. The predicted molar refractivity (Wildman–Crippen MR) is 68.6 cm³/mol. The molecule has 0 saturated carbocycles. The van der Waals surface area contributed by atoms with E-state index in [0.29, 0.717) is 12.8 Å². The molecule has 1 heterocycles. The Bertz CT molecular complexity index is 566. The lowest BCUT2D eigenvalue weighted by Gasteiger charge is -2.07. The van der Waals surface area contributed by atoms with Gasteiger partial charge in [-0.1, -0.05) is 6.07 Å². The minimum Gasteiger partial charge on any atom is -0.497 e. The molecule has 0 radical (unpaired) electrons. The van der Waals surface area contributed by atoms with Crippen LogP contribution >= 0.6 is 0 Å². The van der Waals surface area contributed by atoms with Crippen LogP contribution in [0.3, 0.4) is 0 Å². The summed E-state index contributed by atoms with van der Waals surface area (Å²) in [6, 6.07) is 7.77. The molecule has 2 rings (SSSR count). The van der Waals surface area contributed by atoms with Gasteiger partial charge in [-0.2, -0.15) is 0 Å². The van der Waals surface area contributed by atoms with Gasteiger partial charge in [0.05, 0.1) is 20.6 Å². The number of ether oxygens (including phenoxy) is 2. The molecule has 1 aromatic carbocycles. The average molecular weight is 245 g/mol. The highest BCUT2D eigenvalue weighted by Gasteiger charge is 2.07. The molecule has 0 unspecified atom stereocenters. The number of benzene rings is 1. The van der Waals surface area contributed by atoms with E-state index in [2.05, 4.69) is 9.72 Å². The number of pyridine rings is 1. The Morgan fingerprint density at radius 1 is 1.28 bits per heavy atom. The van der Waals surface area contributed by atoms with Gasteiger partial charge in [-0.3, -0.25) is 9.78 Å². The number of rotatable bonds is 4. The zero-order chi connectivity index (χ0) is 13.0. The Morgan fingerprint density at radius 2 is 2.11 bits per heavy atom. The van der Waals surface area contributed by atoms with Crippen molar-refractivity contribution in [1.29, 1.82) is 0 Å². The number of fused-ring (bicyclic) bond motifs is 1. The largest absolute Gasteiger partial charge is 0.497 e. The highest BCUT2D eigenvalue weighted by molar-refractivity contribution is 5.86. The van der Waals surface area contributed by atoms with Crippen molar-refractivity contribution in [2.75, 3.05) is 14.2 Å². The van der Waals surface area contributed by atoms with Crippen LogP contribution in [-0.4, -0.2) is 25.2 Å². The second kappa shape index (κ2) is 5.49. The Hall–Kier alpha value is -2.10. The van der Waals surface area contributed by atoms with Crippen LogP contribution in [0.15, 0.2) is 30.5 Å². The topological polar surface area (TPSA) is 48.4 Å². The number of esters is 1. The molecule has 0 amide bonds. The van der Waals surface area contributed by atoms with E-state index in [1.54, 1.807) is 13.3 Å². The average Bonchev–Trinajstić information content (AvgIpc) is 2.43. The quantitative estimate of drug-likeness (QED) is 0.776. The fraction of sp³-hybridized carbons (Fsp3) is 0.286. The van der Waals surface area contributed by atoms with Crippen molar-refractivity contribution < 1.29 is 14.3 Å². The first-order chi connectivity index (χ1) is 8.74. The highest BCUT2D eigenvalue weighted by atomic mass is 16.5. The molecule has 0 atom stereocenters. The number of nitrogens with zero attached hydrogens (tertiary/aromatic N) is 1. The molecule has 0 fully saturated rings. The lowest BCUT2D eigenvalue weighted by Crippen LogP contribution is -2.03. The fourth-order valence-electron chi connectivity index (χ4n) is 1.86. The summed E-state index contributed by atoms with van der Waals surface area (Å²) < 4.78 is 9.84. The Labute approximate surface area is 106 Å². The number of aryl methyl sites for hydroxylation is 1. The van der Waals surface area contributed by atoms with Crippen molar-refractivity contribution in [3.05, 3.63) is 36.2 Å². The van der Waals surface area contributed by atoms with E-state index in [4.69, 9.17) is 4.74 Å². The lowest BCUT2D eigenvalue weighted by atomic mass is 10.1. The third kappa shape index (κ3) is 2.59. The maximum absolute atomic E-state index is 11.2. The highest BCUT2D eigenvalue weighted by Crippen LogP contribution is 2.23. The number of carbonyl (C=O) groups is 1. The summed E-state index contributed by atoms with van der Waals surface area (Å²) in [5.41, 5.74) is 0.886. The first-order valence-corrected chi connectivity index (χ1v) is 5.73. The Balaban J connectivity index is 2.34. The van der Waals surface area contributed by atoms with E-state index < -0.39 is 0 Å². The maximum atomic E-state index is 11.2. The standard InChI is InChI=1S/C14H15NO3/c1-17-11-4-3-10-7-8-15-13(12(10)9-11)5-6-14(16)18-2/h3-4,7-9H,5-6H2,1-2H3. The number of hydrogen-bond donors (Lipinski definition) is 0. The van der Waals surface area contributed by atoms with E-state index in [-0.39, 0.29) is 5.97 Å². The smallest absolute Gasteiger partial charge is 0.305 e. The van der Waals surface area contributed by atoms with Gasteiger partial charge in [0.15, 0.2) is 0 Å². The second-order valence-corrected chi connectivity index (χ2v) is 3.92. The van der Waals surface area contributed by atoms with Crippen LogP contribution in [0.5, 0.6) is 5.75 Å². The minimum atomic E-state index is -0.225. The summed E-state index contributed by atoms with van der Waals surface area (Å²) in [4.78, 5) is 15.5. The van der Waals surface area contributed by atoms with E-state index in [1.165, 1.54) is 7.11 Å². The molecule has 1 aromatic heterocycles. The summed E-state index contributed by atoms with van der Waals surface area (Å²) in [6.45, 7) is 0. The van der Waals surface area contributed by atoms with Gasteiger partial charge >= 0.3 is 5.97 Å². The van der Waals surface area contributed by atoms with E-state index in [1.807, 2.05) is 24.3 Å². The number of methoxy groups -OCH3 is 2. The number of carbonyl (C=O) groups excluding carboxylic acids is 1. The third-order valence-electron chi connectivity index (χ3n) is 2.85. The minimum absolute atomic E-state index is 0.225. The number of hydrogen-bond acceptors (Lipinski definition) is 4. The second-order valence-electron chi connectivity index (χ2n) is 3.92. The molecule has 0 saturated heterocycles. The van der Waals surface area contributed by atoms with Gasteiger partial charge in [-0.15, -0.1) is 0 Å². The van der Waals surface area contributed by atoms with Crippen molar-refractivity contribution in [2.24, 2.45) is 0 Å². The zero-order valence-corrected chi connectivity index (χ0v) is 10.5.